The number of rotatable bonds is 4. The number of anilines is 1. The molecule has 0 saturated carbocycles. The summed E-state index contributed by atoms with van der Waals surface area (Å²) in [6, 6.07) is 1.83. The van der Waals surface area contributed by atoms with Gasteiger partial charge < -0.3 is 14.7 Å². The smallest absolute Gasteiger partial charge is 0.225 e. The molecule has 0 aliphatic carbocycles. The molecule has 2 aliphatic rings. The van der Waals surface area contributed by atoms with Gasteiger partial charge in [0.1, 0.15) is 0 Å². The minimum absolute atomic E-state index is 0.234. The van der Waals surface area contributed by atoms with Crippen LogP contribution in [0.5, 0.6) is 0 Å². The molecule has 2 aliphatic heterocycles. The van der Waals surface area contributed by atoms with Gasteiger partial charge in [-0.3, -0.25) is 4.90 Å². The van der Waals surface area contributed by atoms with Crippen LogP contribution in [0.4, 0.5) is 5.95 Å². The minimum atomic E-state index is 0.234. The number of aliphatic hydroxyl groups excluding tert-OH is 1. The maximum absolute atomic E-state index is 9.62. The van der Waals surface area contributed by atoms with E-state index in [1.807, 2.05) is 6.07 Å². The number of nitrogens with zero attached hydrogens (tertiary/aromatic N) is 4. The van der Waals surface area contributed by atoms with Crippen LogP contribution in [0.1, 0.15) is 0 Å². The van der Waals surface area contributed by atoms with Gasteiger partial charge in [-0.25, -0.2) is 9.97 Å². The Morgan fingerprint density at radius 3 is 2.55 bits per heavy atom. The van der Waals surface area contributed by atoms with Crippen LogP contribution in [0, 0.1) is 11.8 Å². The van der Waals surface area contributed by atoms with E-state index in [1.54, 1.807) is 12.4 Å². The molecule has 3 rings (SSSR count). The number of ether oxygens (including phenoxy) is 1. The van der Waals surface area contributed by atoms with Crippen molar-refractivity contribution in [2.45, 2.75) is 0 Å². The van der Waals surface area contributed by atoms with Gasteiger partial charge in [0.15, 0.2) is 0 Å². The normalized spacial score (nSPS) is 27.9. The highest BCUT2D eigenvalue weighted by atomic mass is 16.5. The van der Waals surface area contributed by atoms with Crippen molar-refractivity contribution in [1.29, 1.82) is 0 Å². The molecule has 1 aromatic rings. The van der Waals surface area contributed by atoms with Gasteiger partial charge >= 0.3 is 0 Å². The molecule has 3 heterocycles. The average molecular weight is 278 g/mol. The second-order valence-electron chi connectivity index (χ2n) is 5.57. The van der Waals surface area contributed by atoms with E-state index in [1.165, 1.54) is 0 Å². The van der Waals surface area contributed by atoms with Crippen molar-refractivity contribution in [2.75, 3.05) is 57.4 Å². The summed E-state index contributed by atoms with van der Waals surface area (Å²) < 4.78 is 5.39. The lowest BCUT2D eigenvalue weighted by molar-refractivity contribution is 0.0268. The maximum atomic E-state index is 9.62. The SMILES string of the molecule is OC[C@H]1CN(c2ncccn2)C[C@H]1CN1CCOCC1. The third kappa shape index (κ3) is 3.08. The van der Waals surface area contributed by atoms with Crippen LogP contribution < -0.4 is 4.90 Å². The van der Waals surface area contributed by atoms with E-state index in [0.717, 1.165) is 51.9 Å². The van der Waals surface area contributed by atoms with Crippen molar-refractivity contribution in [3.05, 3.63) is 18.5 Å². The molecule has 1 N–H and O–H groups in total. The second-order valence-corrected chi connectivity index (χ2v) is 5.57. The van der Waals surface area contributed by atoms with Crippen LogP contribution in [-0.2, 0) is 4.74 Å². The standard InChI is InChI=1S/C14H22N4O2/c19-11-13-10-18(14-15-2-1-3-16-14)9-12(13)8-17-4-6-20-7-5-17/h1-3,12-13,19H,4-11H2/t12-,13-/m1/s1. The topological polar surface area (TPSA) is 61.7 Å². The van der Waals surface area contributed by atoms with Crippen LogP contribution in [0.25, 0.3) is 0 Å². The lowest BCUT2D eigenvalue weighted by Crippen LogP contribution is -2.41. The first-order valence-corrected chi connectivity index (χ1v) is 7.29. The van der Waals surface area contributed by atoms with E-state index in [9.17, 15) is 5.11 Å². The zero-order valence-electron chi connectivity index (χ0n) is 11.7. The Labute approximate surface area is 119 Å². The fourth-order valence-corrected chi connectivity index (χ4v) is 3.09. The van der Waals surface area contributed by atoms with E-state index >= 15 is 0 Å². The highest BCUT2D eigenvalue weighted by Crippen LogP contribution is 2.26. The molecule has 0 radical (unpaired) electrons. The Hall–Kier alpha value is -1.24. The number of hydrogen-bond donors (Lipinski definition) is 1. The summed E-state index contributed by atoms with van der Waals surface area (Å²) in [4.78, 5) is 13.2. The minimum Gasteiger partial charge on any atom is -0.396 e. The summed E-state index contributed by atoms with van der Waals surface area (Å²) in [5, 5.41) is 9.62. The Balaban J connectivity index is 1.62. The third-order valence-electron chi connectivity index (χ3n) is 4.24. The van der Waals surface area contributed by atoms with E-state index in [2.05, 4.69) is 19.8 Å². The first-order valence-electron chi connectivity index (χ1n) is 7.29. The molecule has 0 unspecified atom stereocenters. The molecule has 2 atom stereocenters. The van der Waals surface area contributed by atoms with Gasteiger partial charge in [0.25, 0.3) is 0 Å². The van der Waals surface area contributed by atoms with Crippen LogP contribution in [0.3, 0.4) is 0 Å². The number of aliphatic hydroxyl groups is 1. The number of morpholine rings is 1. The third-order valence-corrected chi connectivity index (χ3v) is 4.24. The Bertz CT molecular complexity index is 411. The van der Waals surface area contributed by atoms with Crippen molar-refractivity contribution >= 4 is 5.95 Å². The molecule has 2 fully saturated rings. The largest absolute Gasteiger partial charge is 0.396 e. The first-order chi connectivity index (χ1) is 9.86. The summed E-state index contributed by atoms with van der Waals surface area (Å²) in [6.45, 7) is 6.66. The second kappa shape index (κ2) is 6.47. The van der Waals surface area contributed by atoms with Gasteiger partial charge in [-0.1, -0.05) is 0 Å². The molecular weight excluding hydrogens is 256 g/mol. The molecule has 110 valence electrons. The molecule has 0 bridgehead atoms. The van der Waals surface area contributed by atoms with E-state index in [4.69, 9.17) is 4.74 Å². The zero-order chi connectivity index (χ0) is 13.8. The fourth-order valence-electron chi connectivity index (χ4n) is 3.09. The predicted octanol–water partition coefficient (Wildman–Crippen LogP) is -0.146. The molecule has 20 heavy (non-hydrogen) atoms. The summed E-state index contributed by atoms with van der Waals surface area (Å²) in [6.07, 6.45) is 3.54. The van der Waals surface area contributed by atoms with Crippen molar-refractivity contribution < 1.29 is 9.84 Å². The zero-order valence-corrected chi connectivity index (χ0v) is 11.7. The van der Waals surface area contributed by atoms with Crippen LogP contribution in [-0.4, -0.2) is 72.5 Å². The summed E-state index contributed by atoms with van der Waals surface area (Å²) in [5.74, 6) is 1.55. The van der Waals surface area contributed by atoms with E-state index in [-0.39, 0.29) is 6.61 Å². The summed E-state index contributed by atoms with van der Waals surface area (Å²) >= 11 is 0. The molecule has 0 aromatic carbocycles. The van der Waals surface area contributed by atoms with Gasteiger partial charge in [-0.15, -0.1) is 0 Å². The maximum Gasteiger partial charge on any atom is 0.225 e. The fraction of sp³-hybridized carbons (Fsp3) is 0.714. The Morgan fingerprint density at radius 2 is 1.85 bits per heavy atom. The van der Waals surface area contributed by atoms with Gasteiger partial charge in [0, 0.05) is 57.6 Å². The molecule has 0 amide bonds. The quantitative estimate of drug-likeness (QED) is 0.827. The molecule has 2 saturated heterocycles. The van der Waals surface area contributed by atoms with Crippen molar-refractivity contribution in [3.63, 3.8) is 0 Å². The van der Waals surface area contributed by atoms with Crippen molar-refractivity contribution in [1.82, 2.24) is 14.9 Å². The van der Waals surface area contributed by atoms with Crippen molar-refractivity contribution in [3.8, 4) is 0 Å². The van der Waals surface area contributed by atoms with Crippen LogP contribution >= 0.6 is 0 Å². The van der Waals surface area contributed by atoms with E-state index in [0.29, 0.717) is 11.8 Å². The average Bonchev–Trinajstić information content (AvgIpc) is 2.92. The van der Waals surface area contributed by atoms with Crippen molar-refractivity contribution in [2.24, 2.45) is 11.8 Å². The Morgan fingerprint density at radius 1 is 1.15 bits per heavy atom. The predicted molar refractivity (Wildman–Crippen MR) is 75.6 cm³/mol. The lowest BCUT2D eigenvalue weighted by atomic mass is 9.96. The molecule has 0 spiro atoms. The summed E-state index contributed by atoms with van der Waals surface area (Å²) in [7, 11) is 0. The number of aromatic nitrogens is 2. The van der Waals surface area contributed by atoms with Crippen LogP contribution in [0.2, 0.25) is 0 Å². The molecular formula is C14H22N4O2. The highest BCUT2D eigenvalue weighted by Gasteiger charge is 2.34. The lowest BCUT2D eigenvalue weighted by Gasteiger charge is -2.30. The van der Waals surface area contributed by atoms with Gasteiger partial charge in [-0.05, 0) is 12.0 Å². The monoisotopic (exact) mass is 278 g/mol. The number of hydrogen-bond acceptors (Lipinski definition) is 6. The Kier molecular flexibility index (Phi) is 4.44. The molecule has 6 heteroatoms. The van der Waals surface area contributed by atoms with Crippen LogP contribution in [0.15, 0.2) is 18.5 Å². The molecule has 6 nitrogen and oxygen atoms in total. The molecule has 1 aromatic heterocycles. The van der Waals surface area contributed by atoms with Gasteiger partial charge in [-0.2, -0.15) is 0 Å². The van der Waals surface area contributed by atoms with E-state index < -0.39 is 0 Å². The first kappa shape index (κ1) is 13.7. The highest BCUT2D eigenvalue weighted by molar-refractivity contribution is 5.31. The van der Waals surface area contributed by atoms with Gasteiger partial charge in [0.2, 0.25) is 5.95 Å². The van der Waals surface area contributed by atoms with Gasteiger partial charge in [0.05, 0.1) is 13.2 Å². The summed E-state index contributed by atoms with van der Waals surface area (Å²) in [5.41, 5.74) is 0.